The summed E-state index contributed by atoms with van der Waals surface area (Å²) in [6, 6.07) is 17.4. The van der Waals surface area contributed by atoms with Gasteiger partial charge in [0.25, 0.3) is 0 Å². The average molecular weight is 414 g/mol. The van der Waals surface area contributed by atoms with Gasteiger partial charge in [-0.15, -0.1) is 0 Å². The predicted molar refractivity (Wildman–Crippen MR) is 117 cm³/mol. The second-order valence-corrected chi connectivity index (χ2v) is 20.3. The molecule has 2 nitrogen and oxygen atoms in total. The molecule has 4 aromatic rings. The van der Waals surface area contributed by atoms with Gasteiger partial charge in [-0.25, -0.2) is 0 Å². The minimum atomic E-state index is -1.71. The van der Waals surface area contributed by atoms with Crippen molar-refractivity contribution in [1.82, 2.24) is 4.98 Å². The summed E-state index contributed by atoms with van der Waals surface area (Å²) in [5.41, 5.74) is 4.72. The van der Waals surface area contributed by atoms with Crippen molar-refractivity contribution in [3.8, 4) is 22.8 Å². The number of hydrogen-bond acceptors (Lipinski definition) is 2. The number of hydrogen-bond donors (Lipinski definition) is 0. The molecule has 1 aliphatic rings. The van der Waals surface area contributed by atoms with E-state index in [1.165, 1.54) is 32.5 Å². The van der Waals surface area contributed by atoms with Crippen molar-refractivity contribution in [3.63, 3.8) is 0 Å². The van der Waals surface area contributed by atoms with Crippen LogP contribution in [0.2, 0.25) is 17.3 Å². The molecule has 27 heavy (non-hydrogen) atoms. The first-order valence-electron chi connectivity index (χ1n) is 9.53. The van der Waals surface area contributed by atoms with Crippen LogP contribution in [0.1, 0.15) is 11.1 Å². The third-order valence-corrected chi connectivity index (χ3v) is 8.42. The average Bonchev–Trinajstić information content (AvgIpc) is 2.62. The standard InChI is InChI=1S/C24H23GeNO/c1-15-19-8-6-5-7-17(19)13-20-23-22-18(9-10-26-23)11-16(14-25(2,3)4)12-21(22)27-24(15)20/h5-13H,14H2,1-4H3. The molecule has 134 valence electrons. The molecule has 0 amide bonds. The zero-order chi connectivity index (χ0) is 18.8. The monoisotopic (exact) mass is 415 g/mol. The molecule has 0 radical (unpaired) electrons. The summed E-state index contributed by atoms with van der Waals surface area (Å²) in [6.07, 6.45) is 1.93. The summed E-state index contributed by atoms with van der Waals surface area (Å²) in [7, 11) is 0. The Kier molecular flexibility index (Phi) is 3.63. The number of fused-ring (bicyclic) bond motifs is 3. The second kappa shape index (κ2) is 5.83. The summed E-state index contributed by atoms with van der Waals surface area (Å²) < 4.78 is 6.52. The van der Waals surface area contributed by atoms with Gasteiger partial charge in [0.15, 0.2) is 0 Å². The molecule has 0 bridgehead atoms. The van der Waals surface area contributed by atoms with E-state index in [1.807, 2.05) is 6.20 Å². The van der Waals surface area contributed by atoms with E-state index in [9.17, 15) is 0 Å². The van der Waals surface area contributed by atoms with Crippen LogP contribution in [0.5, 0.6) is 11.5 Å². The number of pyridine rings is 1. The molecule has 0 saturated heterocycles. The number of rotatable bonds is 2. The molecule has 0 saturated carbocycles. The predicted octanol–water partition coefficient (Wildman–Crippen LogP) is 6.89. The first-order chi connectivity index (χ1) is 12.9. The first-order valence-corrected chi connectivity index (χ1v) is 17.3. The number of aromatic nitrogens is 1. The van der Waals surface area contributed by atoms with E-state index in [4.69, 9.17) is 9.72 Å². The third-order valence-electron chi connectivity index (χ3n) is 5.34. The van der Waals surface area contributed by atoms with Crippen molar-refractivity contribution in [1.29, 1.82) is 0 Å². The molecule has 3 heteroatoms. The van der Waals surface area contributed by atoms with Gasteiger partial charge in [-0.2, -0.15) is 0 Å². The fraction of sp³-hybridized carbons (Fsp3) is 0.208. The molecule has 0 aliphatic carbocycles. The molecule has 5 rings (SSSR count). The molecule has 2 heterocycles. The molecule has 0 spiro atoms. The minimum absolute atomic E-state index is 0.954. The van der Waals surface area contributed by atoms with Crippen LogP contribution in [-0.4, -0.2) is 18.3 Å². The van der Waals surface area contributed by atoms with Crippen molar-refractivity contribution in [2.24, 2.45) is 0 Å². The number of ether oxygens (including phenoxy) is 1. The summed E-state index contributed by atoms with van der Waals surface area (Å²) >= 11 is -1.71. The molecule has 0 atom stereocenters. The van der Waals surface area contributed by atoms with Crippen molar-refractivity contribution in [2.45, 2.75) is 29.4 Å². The first kappa shape index (κ1) is 16.8. The van der Waals surface area contributed by atoms with Gasteiger partial charge in [0.1, 0.15) is 0 Å². The van der Waals surface area contributed by atoms with Crippen LogP contribution in [0.15, 0.2) is 54.7 Å². The van der Waals surface area contributed by atoms with Gasteiger partial charge in [-0.05, 0) is 0 Å². The van der Waals surface area contributed by atoms with E-state index >= 15 is 0 Å². The maximum absolute atomic E-state index is 6.52. The normalized spacial score (nSPS) is 12.9. The van der Waals surface area contributed by atoms with E-state index in [1.54, 1.807) is 0 Å². The second-order valence-electron chi connectivity index (χ2n) is 8.79. The van der Waals surface area contributed by atoms with Crippen LogP contribution < -0.4 is 4.74 Å². The van der Waals surface area contributed by atoms with E-state index in [2.05, 4.69) is 72.7 Å². The van der Waals surface area contributed by atoms with E-state index < -0.39 is 13.3 Å². The van der Waals surface area contributed by atoms with Crippen LogP contribution in [0.25, 0.3) is 32.8 Å². The molecule has 3 aromatic carbocycles. The van der Waals surface area contributed by atoms with E-state index in [0.717, 1.165) is 28.1 Å². The van der Waals surface area contributed by atoms with Gasteiger partial charge in [-0.3, -0.25) is 0 Å². The van der Waals surface area contributed by atoms with Crippen LogP contribution in [-0.2, 0) is 5.25 Å². The molecule has 0 fully saturated rings. The third kappa shape index (κ3) is 2.74. The fourth-order valence-electron chi connectivity index (χ4n) is 4.26. The van der Waals surface area contributed by atoms with E-state index in [0.29, 0.717) is 0 Å². The number of benzene rings is 3. The van der Waals surface area contributed by atoms with E-state index in [-0.39, 0.29) is 0 Å². The van der Waals surface area contributed by atoms with Gasteiger partial charge in [-0.1, -0.05) is 0 Å². The molecular formula is C24H23GeNO. The van der Waals surface area contributed by atoms with Crippen LogP contribution in [0.3, 0.4) is 0 Å². The van der Waals surface area contributed by atoms with Crippen molar-refractivity contribution in [2.75, 3.05) is 0 Å². The van der Waals surface area contributed by atoms with Gasteiger partial charge < -0.3 is 0 Å². The van der Waals surface area contributed by atoms with Gasteiger partial charge >= 0.3 is 163 Å². The molecular weight excluding hydrogens is 391 g/mol. The maximum atomic E-state index is 6.52. The van der Waals surface area contributed by atoms with Crippen molar-refractivity contribution in [3.05, 3.63) is 65.9 Å². The van der Waals surface area contributed by atoms with Gasteiger partial charge in [0.05, 0.1) is 0 Å². The fourth-order valence-corrected chi connectivity index (χ4v) is 7.26. The Hall–Kier alpha value is -2.33. The molecule has 0 N–H and O–H groups in total. The zero-order valence-electron chi connectivity index (χ0n) is 16.3. The molecule has 0 unspecified atom stereocenters. The molecule has 1 aromatic heterocycles. The topological polar surface area (TPSA) is 22.1 Å². The summed E-state index contributed by atoms with van der Waals surface area (Å²) in [5.74, 6) is 9.29. The van der Waals surface area contributed by atoms with Gasteiger partial charge in [0.2, 0.25) is 0 Å². The Bertz CT molecular complexity index is 1220. The summed E-state index contributed by atoms with van der Waals surface area (Å²) in [5, 5.41) is 6.05. The van der Waals surface area contributed by atoms with Crippen molar-refractivity contribution >= 4 is 34.8 Å². The Morgan fingerprint density at radius 1 is 0.963 bits per heavy atom. The Labute approximate surface area is 162 Å². The Balaban J connectivity index is 1.81. The Morgan fingerprint density at radius 2 is 1.78 bits per heavy atom. The Morgan fingerprint density at radius 3 is 2.59 bits per heavy atom. The number of nitrogens with zero attached hydrogens (tertiary/aromatic N) is 1. The van der Waals surface area contributed by atoms with Crippen molar-refractivity contribution < 1.29 is 4.74 Å². The van der Waals surface area contributed by atoms with Crippen LogP contribution in [0, 0.1) is 6.92 Å². The number of aryl methyl sites for hydroxylation is 1. The SMILES string of the molecule is Cc1c2c(cc3ccccc13)-c1nccc3cc([CH2][Ge]([CH3])([CH3])[CH3])cc(c13)O2. The zero-order valence-corrected chi connectivity index (χ0v) is 18.4. The van der Waals surface area contributed by atoms with Crippen LogP contribution >= 0.6 is 0 Å². The van der Waals surface area contributed by atoms with Crippen LogP contribution in [0.4, 0.5) is 0 Å². The quantitative estimate of drug-likeness (QED) is 0.294. The summed E-state index contributed by atoms with van der Waals surface area (Å²) in [4.78, 5) is 4.76. The van der Waals surface area contributed by atoms with Gasteiger partial charge in [0, 0.05) is 0 Å². The molecule has 1 aliphatic heterocycles. The summed E-state index contributed by atoms with van der Waals surface area (Å²) in [6.45, 7) is 2.15.